The van der Waals surface area contributed by atoms with Crippen LogP contribution in [0.4, 0.5) is 0 Å². The van der Waals surface area contributed by atoms with Gasteiger partial charge in [-0.25, -0.2) is 4.98 Å². The van der Waals surface area contributed by atoms with Crippen LogP contribution < -0.4 is 15.4 Å². The molecule has 6 nitrogen and oxygen atoms in total. The van der Waals surface area contributed by atoms with Gasteiger partial charge in [-0.3, -0.25) is 4.79 Å². The Bertz CT molecular complexity index is 729. The van der Waals surface area contributed by atoms with Crippen molar-refractivity contribution in [1.82, 2.24) is 20.0 Å². The zero-order valence-electron chi connectivity index (χ0n) is 13.5. The van der Waals surface area contributed by atoms with Crippen molar-refractivity contribution in [1.29, 1.82) is 0 Å². The van der Waals surface area contributed by atoms with Crippen LogP contribution in [0.1, 0.15) is 13.8 Å². The van der Waals surface area contributed by atoms with E-state index in [0.29, 0.717) is 18.4 Å². The molecule has 2 aromatic rings. The van der Waals surface area contributed by atoms with E-state index in [2.05, 4.69) is 15.6 Å². The third-order valence-corrected chi connectivity index (χ3v) is 4.83. The van der Waals surface area contributed by atoms with E-state index in [4.69, 9.17) is 4.74 Å². The smallest absolute Gasteiger partial charge is 0.224 e. The summed E-state index contributed by atoms with van der Waals surface area (Å²) in [6, 6.07) is 3.82. The first-order chi connectivity index (χ1) is 11.1. The molecule has 0 aromatic carbocycles. The van der Waals surface area contributed by atoms with Gasteiger partial charge in [-0.1, -0.05) is 0 Å². The zero-order valence-corrected chi connectivity index (χ0v) is 13.5. The monoisotopic (exact) mass is 314 g/mol. The van der Waals surface area contributed by atoms with Crippen molar-refractivity contribution in [2.45, 2.75) is 19.4 Å². The molecule has 2 fully saturated rings. The van der Waals surface area contributed by atoms with Crippen molar-refractivity contribution in [2.24, 2.45) is 17.8 Å². The maximum atomic E-state index is 12.4. The number of nitrogens with one attached hydrogen (secondary N) is 2. The summed E-state index contributed by atoms with van der Waals surface area (Å²) in [5, 5.41) is 6.46. The Labute approximate surface area is 135 Å². The number of carbonyl (C=O) groups is 1. The molecular weight excluding hydrogens is 292 g/mol. The van der Waals surface area contributed by atoms with Gasteiger partial charge in [-0.05, 0) is 50.9 Å². The van der Waals surface area contributed by atoms with Gasteiger partial charge >= 0.3 is 0 Å². The Morgan fingerprint density at radius 3 is 3.00 bits per heavy atom. The summed E-state index contributed by atoms with van der Waals surface area (Å²) in [4.78, 5) is 16.7. The molecule has 1 aliphatic carbocycles. The number of aromatic nitrogens is 2. The van der Waals surface area contributed by atoms with Crippen molar-refractivity contribution in [3.05, 3.63) is 30.7 Å². The summed E-state index contributed by atoms with van der Waals surface area (Å²) in [6.07, 6.45) is 5.56. The SMILES string of the molecule is CC(C)(COc1cccn2ccnc12)NC(=O)C1C2CNCC21. The lowest BCUT2D eigenvalue weighted by atomic mass is 10.1. The molecule has 0 bridgehead atoms. The van der Waals surface area contributed by atoms with E-state index >= 15 is 0 Å². The minimum absolute atomic E-state index is 0.161. The highest BCUT2D eigenvalue weighted by Gasteiger charge is 2.57. The van der Waals surface area contributed by atoms with Crippen molar-refractivity contribution in [3.8, 4) is 5.75 Å². The molecule has 2 aromatic heterocycles. The van der Waals surface area contributed by atoms with Gasteiger partial charge in [-0.15, -0.1) is 0 Å². The summed E-state index contributed by atoms with van der Waals surface area (Å²) >= 11 is 0. The Morgan fingerprint density at radius 1 is 1.43 bits per heavy atom. The number of ether oxygens (including phenoxy) is 1. The maximum absolute atomic E-state index is 12.4. The molecule has 1 saturated heterocycles. The van der Waals surface area contributed by atoms with Crippen LogP contribution in [0, 0.1) is 17.8 Å². The predicted octanol–water partition coefficient (Wildman–Crippen LogP) is 1.07. The van der Waals surface area contributed by atoms with E-state index in [1.165, 1.54) is 0 Å². The van der Waals surface area contributed by atoms with Gasteiger partial charge in [0.15, 0.2) is 11.4 Å². The normalized spacial score (nSPS) is 26.1. The number of imidazole rings is 1. The Morgan fingerprint density at radius 2 is 2.22 bits per heavy atom. The first-order valence-corrected chi connectivity index (χ1v) is 8.12. The highest BCUT2D eigenvalue weighted by Crippen LogP contribution is 2.48. The quantitative estimate of drug-likeness (QED) is 0.866. The van der Waals surface area contributed by atoms with Crippen molar-refractivity contribution in [2.75, 3.05) is 19.7 Å². The number of hydrogen-bond donors (Lipinski definition) is 2. The van der Waals surface area contributed by atoms with Crippen LogP contribution in [0.3, 0.4) is 0 Å². The molecule has 2 atom stereocenters. The molecule has 1 saturated carbocycles. The molecule has 23 heavy (non-hydrogen) atoms. The lowest BCUT2D eigenvalue weighted by molar-refractivity contribution is -0.125. The first-order valence-electron chi connectivity index (χ1n) is 8.12. The number of amides is 1. The molecule has 2 N–H and O–H groups in total. The van der Waals surface area contributed by atoms with Crippen molar-refractivity contribution >= 4 is 11.6 Å². The summed E-state index contributed by atoms with van der Waals surface area (Å²) in [7, 11) is 0. The van der Waals surface area contributed by atoms with Crippen LogP contribution in [-0.2, 0) is 4.79 Å². The van der Waals surface area contributed by atoms with E-state index in [1.807, 2.05) is 42.8 Å². The topological polar surface area (TPSA) is 67.7 Å². The fourth-order valence-electron chi connectivity index (χ4n) is 3.55. The second kappa shape index (κ2) is 5.23. The second-order valence-corrected chi connectivity index (χ2v) is 7.20. The van der Waals surface area contributed by atoms with Crippen LogP contribution in [-0.4, -0.2) is 40.5 Å². The third kappa shape index (κ3) is 2.67. The average molecular weight is 314 g/mol. The number of nitrogens with zero attached hydrogens (tertiary/aromatic N) is 2. The van der Waals surface area contributed by atoms with Crippen LogP contribution in [0.15, 0.2) is 30.7 Å². The van der Waals surface area contributed by atoms with E-state index in [1.54, 1.807) is 6.20 Å². The number of piperidine rings is 1. The van der Waals surface area contributed by atoms with Crippen molar-refractivity contribution < 1.29 is 9.53 Å². The highest BCUT2D eigenvalue weighted by molar-refractivity contribution is 5.83. The molecule has 0 spiro atoms. The van der Waals surface area contributed by atoms with Crippen LogP contribution in [0.5, 0.6) is 5.75 Å². The lowest BCUT2D eigenvalue weighted by Crippen LogP contribution is -2.49. The zero-order chi connectivity index (χ0) is 16.0. The number of rotatable bonds is 5. The summed E-state index contributed by atoms with van der Waals surface area (Å²) in [5.41, 5.74) is 0.373. The van der Waals surface area contributed by atoms with Crippen molar-refractivity contribution in [3.63, 3.8) is 0 Å². The lowest BCUT2D eigenvalue weighted by Gasteiger charge is -2.27. The van der Waals surface area contributed by atoms with Crippen LogP contribution >= 0.6 is 0 Å². The fraction of sp³-hybridized carbons (Fsp3) is 0.529. The average Bonchev–Trinajstić information content (AvgIpc) is 2.91. The van der Waals surface area contributed by atoms with E-state index < -0.39 is 5.54 Å². The van der Waals surface area contributed by atoms with Gasteiger partial charge in [0.1, 0.15) is 6.61 Å². The Balaban J connectivity index is 1.37. The van der Waals surface area contributed by atoms with Crippen LogP contribution in [0.25, 0.3) is 5.65 Å². The van der Waals surface area contributed by atoms with Gasteiger partial charge in [0, 0.05) is 24.5 Å². The molecular formula is C17H22N4O2. The Hall–Kier alpha value is -2.08. The minimum Gasteiger partial charge on any atom is -0.487 e. The van der Waals surface area contributed by atoms with Gasteiger partial charge < -0.3 is 19.8 Å². The van der Waals surface area contributed by atoms with E-state index in [9.17, 15) is 4.79 Å². The highest BCUT2D eigenvalue weighted by atomic mass is 16.5. The molecule has 122 valence electrons. The Kier molecular flexibility index (Phi) is 3.30. The van der Waals surface area contributed by atoms with Crippen LogP contribution in [0.2, 0.25) is 0 Å². The second-order valence-electron chi connectivity index (χ2n) is 7.20. The van der Waals surface area contributed by atoms with Gasteiger partial charge in [-0.2, -0.15) is 0 Å². The number of fused-ring (bicyclic) bond motifs is 2. The molecule has 2 aliphatic rings. The maximum Gasteiger partial charge on any atom is 0.224 e. The minimum atomic E-state index is -0.416. The molecule has 2 unspecified atom stereocenters. The fourth-order valence-corrected chi connectivity index (χ4v) is 3.55. The predicted molar refractivity (Wildman–Crippen MR) is 86.2 cm³/mol. The summed E-state index contributed by atoms with van der Waals surface area (Å²) < 4.78 is 7.84. The third-order valence-electron chi connectivity index (χ3n) is 4.83. The molecule has 1 aliphatic heterocycles. The summed E-state index contributed by atoms with van der Waals surface area (Å²) in [5.74, 6) is 2.14. The summed E-state index contributed by atoms with van der Waals surface area (Å²) in [6.45, 7) is 6.34. The molecule has 6 heteroatoms. The van der Waals surface area contributed by atoms with Gasteiger partial charge in [0.05, 0.1) is 5.54 Å². The molecule has 3 heterocycles. The van der Waals surface area contributed by atoms with E-state index in [-0.39, 0.29) is 11.8 Å². The van der Waals surface area contributed by atoms with Gasteiger partial charge in [0.2, 0.25) is 5.91 Å². The molecule has 1 amide bonds. The standard InChI is InChI=1S/C17H22N4O2/c1-17(2,20-16(22)14-11-8-18-9-12(11)14)10-23-13-4-3-6-21-7-5-19-15(13)21/h3-7,11-12,14,18H,8-10H2,1-2H3,(H,20,22). The number of pyridine rings is 1. The van der Waals surface area contributed by atoms with E-state index in [0.717, 1.165) is 24.5 Å². The molecule has 0 radical (unpaired) electrons. The number of hydrogen-bond acceptors (Lipinski definition) is 4. The molecule has 4 rings (SSSR count). The largest absolute Gasteiger partial charge is 0.487 e. The first kappa shape index (κ1) is 14.5. The number of carbonyl (C=O) groups excluding carboxylic acids is 1. The van der Waals surface area contributed by atoms with Gasteiger partial charge in [0.25, 0.3) is 0 Å².